The van der Waals surface area contributed by atoms with Gasteiger partial charge in [0, 0.05) is 11.5 Å². The third-order valence-corrected chi connectivity index (χ3v) is 2.57. The SMILES string of the molecule is Cc1c[c]c2nc(C(N)=O)ccc2c1C. The van der Waals surface area contributed by atoms with Crippen molar-refractivity contribution >= 4 is 16.8 Å². The van der Waals surface area contributed by atoms with Crippen molar-refractivity contribution in [3.63, 3.8) is 0 Å². The predicted octanol–water partition coefficient (Wildman–Crippen LogP) is 1.75. The van der Waals surface area contributed by atoms with Crippen LogP contribution >= 0.6 is 0 Å². The van der Waals surface area contributed by atoms with Crippen LogP contribution in [0, 0.1) is 19.9 Å². The van der Waals surface area contributed by atoms with Crippen LogP contribution in [-0.4, -0.2) is 10.9 Å². The van der Waals surface area contributed by atoms with Gasteiger partial charge in [-0.25, -0.2) is 4.98 Å². The molecule has 0 saturated carbocycles. The van der Waals surface area contributed by atoms with Crippen LogP contribution in [0.4, 0.5) is 0 Å². The molecule has 0 unspecified atom stereocenters. The summed E-state index contributed by atoms with van der Waals surface area (Å²) in [6, 6.07) is 8.41. The molecule has 2 rings (SSSR count). The van der Waals surface area contributed by atoms with Gasteiger partial charge in [0.25, 0.3) is 5.91 Å². The van der Waals surface area contributed by atoms with Crippen molar-refractivity contribution in [3.05, 3.63) is 41.1 Å². The van der Waals surface area contributed by atoms with Crippen molar-refractivity contribution < 1.29 is 4.79 Å². The fourth-order valence-electron chi connectivity index (χ4n) is 1.51. The van der Waals surface area contributed by atoms with Gasteiger partial charge in [-0.2, -0.15) is 0 Å². The summed E-state index contributed by atoms with van der Waals surface area (Å²) in [5.41, 5.74) is 8.45. The van der Waals surface area contributed by atoms with Crippen LogP contribution in [0.1, 0.15) is 21.6 Å². The van der Waals surface area contributed by atoms with Crippen molar-refractivity contribution in [1.29, 1.82) is 0 Å². The second kappa shape index (κ2) is 3.35. The predicted molar refractivity (Wildman–Crippen MR) is 58.6 cm³/mol. The van der Waals surface area contributed by atoms with Crippen LogP contribution in [0.5, 0.6) is 0 Å². The highest BCUT2D eigenvalue weighted by Crippen LogP contribution is 2.19. The Morgan fingerprint density at radius 1 is 1.40 bits per heavy atom. The number of rotatable bonds is 1. The molecule has 75 valence electrons. The average molecular weight is 199 g/mol. The van der Waals surface area contributed by atoms with Gasteiger partial charge < -0.3 is 5.73 Å². The first-order chi connectivity index (χ1) is 7.09. The number of nitrogens with zero attached hydrogens (tertiary/aromatic N) is 1. The minimum Gasteiger partial charge on any atom is -0.364 e. The zero-order chi connectivity index (χ0) is 11.0. The Morgan fingerprint density at radius 3 is 2.80 bits per heavy atom. The molecule has 0 aliphatic heterocycles. The summed E-state index contributed by atoms with van der Waals surface area (Å²) < 4.78 is 0. The number of benzene rings is 1. The maximum atomic E-state index is 10.9. The normalized spacial score (nSPS) is 10.5. The first-order valence-corrected chi connectivity index (χ1v) is 4.68. The maximum Gasteiger partial charge on any atom is 0.267 e. The van der Waals surface area contributed by atoms with Gasteiger partial charge in [-0.15, -0.1) is 0 Å². The Bertz CT molecular complexity index is 547. The van der Waals surface area contributed by atoms with E-state index in [1.807, 2.05) is 26.0 Å². The Kier molecular flexibility index (Phi) is 2.15. The number of nitrogens with two attached hydrogens (primary N) is 1. The highest BCUT2D eigenvalue weighted by Gasteiger charge is 2.06. The van der Waals surface area contributed by atoms with Gasteiger partial charge in [-0.05, 0) is 37.1 Å². The van der Waals surface area contributed by atoms with Gasteiger partial charge >= 0.3 is 0 Å². The molecule has 1 aromatic heterocycles. The molecule has 3 heteroatoms. The zero-order valence-electron chi connectivity index (χ0n) is 8.66. The first kappa shape index (κ1) is 9.65. The molecule has 0 aliphatic rings. The summed E-state index contributed by atoms with van der Waals surface area (Å²) in [5, 5.41) is 1.01. The van der Waals surface area contributed by atoms with Crippen molar-refractivity contribution in [3.8, 4) is 0 Å². The highest BCUT2D eigenvalue weighted by atomic mass is 16.1. The molecule has 0 spiro atoms. The van der Waals surface area contributed by atoms with Crippen LogP contribution in [0.2, 0.25) is 0 Å². The molecule has 1 radical (unpaired) electrons. The van der Waals surface area contributed by atoms with E-state index in [4.69, 9.17) is 5.73 Å². The number of primary amides is 1. The second-order valence-electron chi connectivity index (χ2n) is 3.55. The number of amides is 1. The quantitative estimate of drug-likeness (QED) is 0.760. The number of aryl methyl sites for hydroxylation is 2. The molecule has 0 atom stereocenters. The molecule has 0 aliphatic carbocycles. The molecule has 2 aromatic rings. The minimum absolute atomic E-state index is 0.280. The summed E-state index contributed by atoms with van der Waals surface area (Å²) in [6.07, 6.45) is 0. The van der Waals surface area contributed by atoms with Crippen LogP contribution in [0.15, 0.2) is 18.2 Å². The lowest BCUT2D eigenvalue weighted by atomic mass is 10.0. The lowest BCUT2D eigenvalue weighted by molar-refractivity contribution is 0.0996. The summed E-state index contributed by atoms with van der Waals surface area (Å²) in [6.45, 7) is 4.05. The van der Waals surface area contributed by atoms with Crippen LogP contribution < -0.4 is 5.73 Å². The number of carbonyl (C=O) groups is 1. The van der Waals surface area contributed by atoms with Crippen molar-refractivity contribution in [2.45, 2.75) is 13.8 Å². The fourth-order valence-corrected chi connectivity index (χ4v) is 1.51. The number of fused-ring (bicyclic) bond motifs is 1. The van der Waals surface area contributed by atoms with Gasteiger partial charge in [-0.1, -0.05) is 6.07 Å². The molecule has 1 amide bonds. The largest absolute Gasteiger partial charge is 0.364 e. The lowest BCUT2D eigenvalue weighted by Crippen LogP contribution is -2.12. The van der Waals surface area contributed by atoms with E-state index < -0.39 is 5.91 Å². The van der Waals surface area contributed by atoms with E-state index in [2.05, 4.69) is 11.1 Å². The Balaban J connectivity index is 2.75. The standard InChI is InChI=1S/C12H11N2O/c1-7-3-5-10-9(8(7)2)4-6-11(14-10)12(13)15/h3-4,6H,1-2H3,(H2,13,15). The molecule has 3 nitrogen and oxygen atoms in total. The van der Waals surface area contributed by atoms with Crippen LogP contribution in [0.3, 0.4) is 0 Å². The van der Waals surface area contributed by atoms with E-state index in [1.165, 1.54) is 0 Å². The molecule has 2 N–H and O–H groups in total. The second-order valence-corrected chi connectivity index (χ2v) is 3.55. The third-order valence-electron chi connectivity index (χ3n) is 2.57. The minimum atomic E-state index is -0.511. The highest BCUT2D eigenvalue weighted by molar-refractivity contribution is 5.94. The Labute approximate surface area is 87.9 Å². The lowest BCUT2D eigenvalue weighted by Gasteiger charge is -2.05. The number of hydrogen-bond donors (Lipinski definition) is 1. The first-order valence-electron chi connectivity index (χ1n) is 4.68. The molecular weight excluding hydrogens is 188 g/mol. The van der Waals surface area contributed by atoms with Gasteiger partial charge in [0.1, 0.15) is 5.69 Å². The van der Waals surface area contributed by atoms with Gasteiger partial charge in [0.05, 0.1) is 5.52 Å². The number of hydrogen-bond acceptors (Lipinski definition) is 2. The average Bonchev–Trinajstić information content (AvgIpc) is 2.23. The van der Waals surface area contributed by atoms with E-state index in [9.17, 15) is 4.79 Å². The monoisotopic (exact) mass is 199 g/mol. The Morgan fingerprint density at radius 2 is 2.13 bits per heavy atom. The molecule has 0 fully saturated rings. The molecular formula is C12H11N2O. The van der Waals surface area contributed by atoms with Crippen LogP contribution in [0.25, 0.3) is 10.9 Å². The van der Waals surface area contributed by atoms with Crippen molar-refractivity contribution in [2.24, 2.45) is 5.73 Å². The number of carbonyl (C=O) groups excluding carboxylic acids is 1. The van der Waals surface area contributed by atoms with Crippen LogP contribution in [-0.2, 0) is 0 Å². The van der Waals surface area contributed by atoms with Gasteiger partial charge in [-0.3, -0.25) is 4.79 Å². The van der Waals surface area contributed by atoms with E-state index >= 15 is 0 Å². The number of pyridine rings is 1. The molecule has 0 bridgehead atoms. The zero-order valence-corrected chi connectivity index (χ0v) is 8.66. The molecule has 15 heavy (non-hydrogen) atoms. The van der Waals surface area contributed by atoms with E-state index in [0.717, 1.165) is 16.5 Å². The van der Waals surface area contributed by atoms with E-state index in [1.54, 1.807) is 6.07 Å². The topological polar surface area (TPSA) is 56.0 Å². The fraction of sp³-hybridized carbons (Fsp3) is 0.167. The van der Waals surface area contributed by atoms with Crippen molar-refractivity contribution in [1.82, 2.24) is 4.98 Å². The summed E-state index contributed by atoms with van der Waals surface area (Å²) in [7, 11) is 0. The van der Waals surface area contributed by atoms with Gasteiger partial charge in [0.15, 0.2) is 0 Å². The molecule has 1 aromatic carbocycles. The smallest absolute Gasteiger partial charge is 0.267 e. The van der Waals surface area contributed by atoms with E-state index in [0.29, 0.717) is 5.52 Å². The summed E-state index contributed by atoms with van der Waals surface area (Å²) in [5.74, 6) is -0.511. The summed E-state index contributed by atoms with van der Waals surface area (Å²) >= 11 is 0. The number of aromatic nitrogens is 1. The summed E-state index contributed by atoms with van der Waals surface area (Å²) in [4.78, 5) is 15.1. The van der Waals surface area contributed by atoms with Crippen molar-refractivity contribution in [2.75, 3.05) is 0 Å². The third kappa shape index (κ3) is 1.56. The van der Waals surface area contributed by atoms with Gasteiger partial charge in [0.2, 0.25) is 0 Å². The molecule has 0 saturated heterocycles. The van der Waals surface area contributed by atoms with E-state index in [-0.39, 0.29) is 5.69 Å². The molecule has 1 heterocycles. The maximum absolute atomic E-state index is 10.9. The Hall–Kier alpha value is -1.90.